The summed E-state index contributed by atoms with van der Waals surface area (Å²) >= 11 is 5.98. The van der Waals surface area contributed by atoms with E-state index in [0.717, 1.165) is 5.56 Å². The molecule has 0 unspecified atom stereocenters. The molecule has 0 bridgehead atoms. The van der Waals surface area contributed by atoms with Crippen LogP contribution in [0.3, 0.4) is 0 Å². The molecule has 112 valence electrons. The van der Waals surface area contributed by atoms with E-state index >= 15 is 0 Å². The van der Waals surface area contributed by atoms with Gasteiger partial charge in [-0.15, -0.1) is 0 Å². The van der Waals surface area contributed by atoms with Gasteiger partial charge in [-0.05, 0) is 41.5 Å². The lowest BCUT2D eigenvalue weighted by atomic mass is 10.2. The molecule has 0 aromatic heterocycles. The Morgan fingerprint density at radius 2 is 1.76 bits per heavy atom. The van der Waals surface area contributed by atoms with Crippen LogP contribution in [0.15, 0.2) is 47.4 Å². The van der Waals surface area contributed by atoms with Gasteiger partial charge >= 0.3 is 0 Å². The number of sulfone groups is 1. The van der Waals surface area contributed by atoms with E-state index < -0.39 is 9.84 Å². The predicted octanol–water partition coefficient (Wildman–Crippen LogP) is 3.17. The van der Waals surface area contributed by atoms with E-state index in [4.69, 9.17) is 11.6 Å². The summed E-state index contributed by atoms with van der Waals surface area (Å²) in [5.74, 6) is -0.325. The summed E-state index contributed by atoms with van der Waals surface area (Å²) in [6, 6.07) is 10.9. The van der Waals surface area contributed by atoms with Gasteiger partial charge in [-0.25, -0.2) is 12.8 Å². The van der Waals surface area contributed by atoms with Gasteiger partial charge in [-0.3, -0.25) is 0 Å². The van der Waals surface area contributed by atoms with Crippen molar-refractivity contribution in [3.05, 3.63) is 64.4 Å². The Morgan fingerprint density at radius 1 is 1.10 bits per heavy atom. The first kappa shape index (κ1) is 15.9. The molecule has 21 heavy (non-hydrogen) atoms. The fourth-order valence-corrected chi connectivity index (χ4v) is 2.69. The lowest BCUT2D eigenvalue weighted by Gasteiger charge is -2.07. The molecule has 0 aliphatic rings. The molecule has 0 aliphatic carbocycles. The fraction of sp³-hybridized carbons (Fsp3) is 0.200. The highest BCUT2D eigenvalue weighted by Crippen LogP contribution is 2.17. The number of benzene rings is 2. The van der Waals surface area contributed by atoms with Crippen LogP contribution in [-0.2, 0) is 22.9 Å². The van der Waals surface area contributed by atoms with E-state index in [9.17, 15) is 12.8 Å². The largest absolute Gasteiger partial charge is 0.309 e. The second-order valence-electron chi connectivity index (χ2n) is 4.76. The monoisotopic (exact) mass is 327 g/mol. The van der Waals surface area contributed by atoms with Crippen molar-refractivity contribution in [2.75, 3.05) is 6.26 Å². The Balaban J connectivity index is 1.96. The molecule has 0 radical (unpaired) electrons. The molecular weight excluding hydrogens is 313 g/mol. The van der Waals surface area contributed by atoms with Gasteiger partial charge in [0.05, 0.1) is 4.90 Å². The van der Waals surface area contributed by atoms with Gasteiger partial charge in [0.1, 0.15) is 5.82 Å². The maximum Gasteiger partial charge on any atom is 0.175 e. The molecule has 0 saturated heterocycles. The molecule has 0 spiro atoms. The van der Waals surface area contributed by atoms with Gasteiger partial charge in [0.15, 0.2) is 9.84 Å². The Bertz CT molecular complexity index is 730. The van der Waals surface area contributed by atoms with Crippen molar-refractivity contribution in [2.24, 2.45) is 0 Å². The number of nitrogens with one attached hydrogen (secondary N) is 1. The van der Waals surface area contributed by atoms with Crippen molar-refractivity contribution in [1.29, 1.82) is 0 Å². The summed E-state index contributed by atoms with van der Waals surface area (Å²) in [6.45, 7) is 0.974. The summed E-state index contributed by atoms with van der Waals surface area (Å²) in [5.41, 5.74) is 1.62. The molecule has 2 rings (SSSR count). The van der Waals surface area contributed by atoms with Gasteiger partial charge in [0.25, 0.3) is 0 Å². The van der Waals surface area contributed by atoms with Gasteiger partial charge < -0.3 is 5.32 Å². The first-order valence-corrected chi connectivity index (χ1v) is 8.57. The molecule has 2 aromatic carbocycles. The predicted molar refractivity (Wildman–Crippen MR) is 81.5 cm³/mol. The van der Waals surface area contributed by atoms with Crippen LogP contribution >= 0.6 is 11.6 Å². The average Bonchev–Trinajstić information content (AvgIpc) is 2.42. The Labute approximate surface area is 128 Å². The molecule has 1 N–H and O–H groups in total. The molecule has 0 aliphatic heterocycles. The van der Waals surface area contributed by atoms with Crippen molar-refractivity contribution in [1.82, 2.24) is 5.32 Å². The third-order valence-corrected chi connectivity index (χ3v) is 4.50. The molecular formula is C15H15ClFNO2S. The lowest BCUT2D eigenvalue weighted by molar-refractivity contribution is 0.602. The minimum Gasteiger partial charge on any atom is -0.309 e. The zero-order valence-corrected chi connectivity index (χ0v) is 13.0. The zero-order valence-electron chi connectivity index (χ0n) is 11.4. The van der Waals surface area contributed by atoms with Gasteiger partial charge in [-0.2, -0.15) is 0 Å². The van der Waals surface area contributed by atoms with Crippen LogP contribution in [0.2, 0.25) is 5.02 Å². The molecule has 0 heterocycles. The molecule has 0 amide bonds. The first-order chi connectivity index (χ1) is 9.86. The maximum absolute atomic E-state index is 13.1. The summed E-state index contributed by atoms with van der Waals surface area (Å²) in [6.07, 6.45) is 1.17. The molecule has 0 fully saturated rings. The number of hydrogen-bond donors (Lipinski definition) is 1. The quantitative estimate of drug-likeness (QED) is 0.917. The summed E-state index contributed by atoms with van der Waals surface area (Å²) < 4.78 is 35.8. The second-order valence-corrected chi connectivity index (χ2v) is 7.18. The van der Waals surface area contributed by atoms with Crippen LogP contribution in [0.5, 0.6) is 0 Å². The van der Waals surface area contributed by atoms with E-state index in [1.54, 1.807) is 24.3 Å². The summed E-state index contributed by atoms with van der Waals surface area (Å²) in [4.78, 5) is 0.291. The topological polar surface area (TPSA) is 46.2 Å². The van der Waals surface area contributed by atoms with Gasteiger partial charge in [-0.1, -0.05) is 23.7 Å². The molecule has 6 heteroatoms. The second kappa shape index (κ2) is 6.56. The highest BCUT2D eigenvalue weighted by atomic mass is 35.5. The molecule has 2 aromatic rings. The van der Waals surface area contributed by atoms with Gasteiger partial charge in [0, 0.05) is 24.4 Å². The highest BCUT2D eigenvalue weighted by molar-refractivity contribution is 7.90. The van der Waals surface area contributed by atoms with Crippen LogP contribution in [0, 0.1) is 5.82 Å². The van der Waals surface area contributed by atoms with Crippen LogP contribution in [0.4, 0.5) is 4.39 Å². The number of hydrogen-bond acceptors (Lipinski definition) is 3. The van der Waals surface area contributed by atoms with E-state index in [0.29, 0.717) is 28.6 Å². The third kappa shape index (κ3) is 4.52. The first-order valence-electron chi connectivity index (χ1n) is 6.30. The molecule has 0 saturated carbocycles. The fourth-order valence-electron chi connectivity index (χ4n) is 1.87. The Hall–Kier alpha value is -1.43. The van der Waals surface area contributed by atoms with E-state index in [1.807, 2.05) is 0 Å². The minimum absolute atomic E-state index is 0.291. The van der Waals surface area contributed by atoms with E-state index in [2.05, 4.69) is 5.32 Å². The summed E-state index contributed by atoms with van der Waals surface area (Å²) in [5, 5.41) is 3.65. The maximum atomic E-state index is 13.1. The van der Waals surface area contributed by atoms with Crippen molar-refractivity contribution in [2.45, 2.75) is 18.0 Å². The van der Waals surface area contributed by atoms with Crippen LogP contribution in [0.1, 0.15) is 11.1 Å². The van der Waals surface area contributed by atoms with Crippen LogP contribution in [-0.4, -0.2) is 14.7 Å². The normalized spacial score (nSPS) is 11.6. The smallest absolute Gasteiger partial charge is 0.175 e. The standard InChI is InChI=1S/C15H15ClFNO2S/c1-21(19,20)14-5-2-11(3-6-14)9-18-10-12-8-13(17)4-7-15(12)16/h2-8,18H,9-10H2,1H3. The van der Waals surface area contributed by atoms with Crippen molar-refractivity contribution < 1.29 is 12.8 Å². The number of halogens is 2. The van der Waals surface area contributed by atoms with Crippen molar-refractivity contribution >= 4 is 21.4 Å². The summed E-state index contributed by atoms with van der Waals surface area (Å²) in [7, 11) is -3.17. The Morgan fingerprint density at radius 3 is 2.38 bits per heavy atom. The van der Waals surface area contributed by atoms with Crippen LogP contribution < -0.4 is 5.32 Å². The van der Waals surface area contributed by atoms with Crippen molar-refractivity contribution in [3.63, 3.8) is 0 Å². The lowest BCUT2D eigenvalue weighted by Crippen LogP contribution is -2.13. The average molecular weight is 328 g/mol. The van der Waals surface area contributed by atoms with E-state index in [-0.39, 0.29) is 5.82 Å². The SMILES string of the molecule is CS(=O)(=O)c1ccc(CNCc2cc(F)ccc2Cl)cc1. The third-order valence-electron chi connectivity index (χ3n) is 3.00. The highest BCUT2D eigenvalue weighted by Gasteiger charge is 2.06. The Kier molecular flexibility index (Phi) is 4.98. The molecule has 3 nitrogen and oxygen atoms in total. The minimum atomic E-state index is -3.17. The van der Waals surface area contributed by atoms with Crippen LogP contribution in [0.25, 0.3) is 0 Å². The number of rotatable bonds is 5. The zero-order chi connectivity index (χ0) is 15.5. The van der Waals surface area contributed by atoms with Crippen molar-refractivity contribution in [3.8, 4) is 0 Å². The van der Waals surface area contributed by atoms with E-state index in [1.165, 1.54) is 24.5 Å². The molecule has 0 atom stereocenters. The van der Waals surface area contributed by atoms with Gasteiger partial charge in [0.2, 0.25) is 0 Å².